The Hall–Kier alpha value is -4.17. The van der Waals surface area contributed by atoms with Crippen molar-refractivity contribution in [2.45, 2.75) is 12.5 Å². The maximum Gasteiger partial charge on any atom is 0.293 e. The normalized spacial score (nSPS) is 15.7. The standard InChI is InChI=1S/C25H20N6OS/c32-24-17-26-28-25(33)31(24)27-16-18-11-13-21(14-12-18)30-23(20-9-5-2-6-10-20)15-22(29-30)19-7-3-1-4-8-19/h1-14,16-17,23H,15H2,(H,28,33)/b27-16-/t23-/m0/s1. The molecule has 0 saturated heterocycles. The van der Waals surface area contributed by atoms with Crippen molar-refractivity contribution in [3.05, 3.63) is 123 Å². The zero-order valence-electron chi connectivity index (χ0n) is 17.6. The lowest BCUT2D eigenvalue weighted by Gasteiger charge is -2.24. The fourth-order valence-electron chi connectivity index (χ4n) is 3.78. The minimum Gasteiger partial charge on any atom is -0.265 e. The van der Waals surface area contributed by atoms with Crippen molar-refractivity contribution in [2.75, 3.05) is 5.01 Å². The van der Waals surface area contributed by atoms with E-state index in [2.05, 4.69) is 56.7 Å². The molecule has 1 N–H and O–H groups in total. The third-order valence-electron chi connectivity index (χ3n) is 5.42. The molecule has 1 aromatic heterocycles. The summed E-state index contributed by atoms with van der Waals surface area (Å²) in [6.45, 7) is 0. The van der Waals surface area contributed by atoms with Crippen LogP contribution >= 0.6 is 12.2 Å². The van der Waals surface area contributed by atoms with Gasteiger partial charge in [-0.15, -0.1) is 0 Å². The maximum atomic E-state index is 11.9. The average molecular weight is 453 g/mol. The smallest absolute Gasteiger partial charge is 0.265 e. The van der Waals surface area contributed by atoms with Crippen LogP contribution in [-0.4, -0.2) is 26.8 Å². The van der Waals surface area contributed by atoms with Gasteiger partial charge >= 0.3 is 0 Å². The van der Waals surface area contributed by atoms with Crippen LogP contribution in [0.3, 0.4) is 0 Å². The molecule has 0 saturated carbocycles. The van der Waals surface area contributed by atoms with Crippen LogP contribution in [0.2, 0.25) is 0 Å². The lowest BCUT2D eigenvalue weighted by atomic mass is 9.98. The number of nitrogens with one attached hydrogen (secondary N) is 1. The second-order valence-corrected chi connectivity index (χ2v) is 7.94. The van der Waals surface area contributed by atoms with E-state index in [1.807, 2.05) is 48.5 Å². The summed E-state index contributed by atoms with van der Waals surface area (Å²) in [5.74, 6) is 0. The molecule has 0 bridgehead atoms. The van der Waals surface area contributed by atoms with Crippen LogP contribution < -0.4 is 10.6 Å². The molecule has 162 valence electrons. The molecule has 0 spiro atoms. The number of benzene rings is 3. The molecule has 0 radical (unpaired) electrons. The highest BCUT2D eigenvalue weighted by Gasteiger charge is 2.29. The van der Waals surface area contributed by atoms with Gasteiger partial charge in [0.25, 0.3) is 5.56 Å². The largest absolute Gasteiger partial charge is 0.293 e. The number of H-pyrrole nitrogens is 1. The quantitative estimate of drug-likeness (QED) is 0.356. The first-order valence-corrected chi connectivity index (χ1v) is 10.9. The molecule has 1 aliphatic heterocycles. The van der Waals surface area contributed by atoms with Gasteiger partial charge in [-0.25, -0.2) is 0 Å². The molecule has 7 nitrogen and oxygen atoms in total. The summed E-state index contributed by atoms with van der Waals surface area (Å²) >= 11 is 5.07. The number of hydrogen-bond acceptors (Lipinski definition) is 6. The van der Waals surface area contributed by atoms with E-state index in [0.29, 0.717) is 0 Å². The fraction of sp³-hybridized carbons (Fsp3) is 0.0800. The highest BCUT2D eigenvalue weighted by atomic mass is 32.1. The van der Waals surface area contributed by atoms with Gasteiger partial charge in [-0.1, -0.05) is 72.8 Å². The molecule has 8 heteroatoms. The molecule has 0 aliphatic carbocycles. The van der Waals surface area contributed by atoms with Gasteiger partial charge in [0.2, 0.25) is 4.77 Å². The van der Waals surface area contributed by atoms with Crippen LogP contribution in [0.1, 0.15) is 29.2 Å². The summed E-state index contributed by atoms with van der Waals surface area (Å²) in [7, 11) is 0. The molecular formula is C25H20N6OS. The molecule has 3 aromatic carbocycles. The topological polar surface area (TPSA) is 78.6 Å². The third kappa shape index (κ3) is 4.42. The monoisotopic (exact) mass is 452 g/mol. The Bertz CT molecular complexity index is 1400. The molecular weight excluding hydrogens is 432 g/mol. The van der Waals surface area contributed by atoms with E-state index in [-0.39, 0.29) is 10.8 Å². The van der Waals surface area contributed by atoms with E-state index in [1.165, 1.54) is 5.56 Å². The molecule has 0 amide bonds. The molecule has 33 heavy (non-hydrogen) atoms. The Morgan fingerprint density at radius 2 is 1.67 bits per heavy atom. The first-order valence-electron chi connectivity index (χ1n) is 10.5. The van der Waals surface area contributed by atoms with Crippen molar-refractivity contribution in [1.82, 2.24) is 14.9 Å². The lowest BCUT2D eigenvalue weighted by molar-refractivity contribution is 0.709. The Morgan fingerprint density at radius 3 is 2.36 bits per heavy atom. The second-order valence-electron chi connectivity index (χ2n) is 7.55. The second kappa shape index (κ2) is 9.13. The number of hydrogen-bond donors (Lipinski definition) is 1. The first kappa shape index (κ1) is 20.7. The van der Waals surface area contributed by atoms with Gasteiger partial charge in [-0.2, -0.15) is 20.0 Å². The summed E-state index contributed by atoms with van der Waals surface area (Å²) in [5, 5.41) is 17.4. The molecule has 4 aromatic rings. The minimum absolute atomic E-state index is 0.106. The minimum atomic E-state index is -0.392. The maximum absolute atomic E-state index is 11.9. The van der Waals surface area contributed by atoms with Crippen molar-refractivity contribution in [1.29, 1.82) is 0 Å². The van der Waals surface area contributed by atoms with E-state index < -0.39 is 5.56 Å². The molecule has 2 heterocycles. The Balaban J connectivity index is 1.45. The number of aromatic amines is 1. The third-order valence-corrected chi connectivity index (χ3v) is 5.68. The van der Waals surface area contributed by atoms with Gasteiger partial charge in [0.15, 0.2) is 0 Å². The number of nitrogens with zero attached hydrogens (tertiary/aromatic N) is 5. The van der Waals surface area contributed by atoms with Gasteiger partial charge in [0.1, 0.15) is 6.20 Å². The lowest BCUT2D eigenvalue weighted by Crippen LogP contribution is -2.18. The van der Waals surface area contributed by atoms with Crippen LogP contribution in [0.4, 0.5) is 5.69 Å². The van der Waals surface area contributed by atoms with E-state index in [4.69, 9.17) is 17.3 Å². The highest BCUT2D eigenvalue weighted by Crippen LogP contribution is 2.36. The summed E-state index contributed by atoms with van der Waals surface area (Å²) in [6, 6.07) is 28.7. The Kier molecular flexibility index (Phi) is 5.73. The zero-order chi connectivity index (χ0) is 22.6. The van der Waals surface area contributed by atoms with Crippen molar-refractivity contribution in [3.8, 4) is 0 Å². The van der Waals surface area contributed by atoms with Crippen LogP contribution in [0.5, 0.6) is 0 Å². The van der Waals surface area contributed by atoms with Crippen LogP contribution in [0.25, 0.3) is 0 Å². The summed E-state index contributed by atoms with van der Waals surface area (Å²) in [4.78, 5) is 11.9. The predicted molar refractivity (Wildman–Crippen MR) is 132 cm³/mol. The molecule has 1 atom stereocenters. The van der Waals surface area contributed by atoms with E-state index in [9.17, 15) is 4.79 Å². The summed E-state index contributed by atoms with van der Waals surface area (Å²) in [6.07, 6.45) is 3.54. The van der Waals surface area contributed by atoms with Crippen LogP contribution in [0.15, 0.2) is 106 Å². The van der Waals surface area contributed by atoms with E-state index in [0.717, 1.165) is 39.8 Å². The van der Waals surface area contributed by atoms with Gasteiger partial charge in [0.05, 0.1) is 23.7 Å². The SMILES string of the molecule is O=c1cn[nH]c(=S)n1/N=C\c1ccc(N2N=C(c3ccccc3)C[C@H]2c2ccccc2)cc1. The van der Waals surface area contributed by atoms with Gasteiger partial charge in [-0.05, 0) is 41.0 Å². The first-order chi connectivity index (χ1) is 16.2. The summed E-state index contributed by atoms with van der Waals surface area (Å²) in [5.41, 5.74) is 4.82. The number of aromatic nitrogens is 3. The Morgan fingerprint density at radius 1 is 0.970 bits per heavy atom. The van der Waals surface area contributed by atoms with E-state index in [1.54, 1.807) is 6.21 Å². The average Bonchev–Trinajstić information content (AvgIpc) is 3.31. The van der Waals surface area contributed by atoms with Gasteiger partial charge < -0.3 is 0 Å². The van der Waals surface area contributed by atoms with Crippen molar-refractivity contribution in [2.24, 2.45) is 10.2 Å². The van der Waals surface area contributed by atoms with Crippen LogP contribution in [-0.2, 0) is 0 Å². The van der Waals surface area contributed by atoms with Gasteiger partial charge in [0, 0.05) is 6.42 Å². The number of rotatable bonds is 5. The van der Waals surface area contributed by atoms with Crippen molar-refractivity contribution >= 4 is 29.8 Å². The summed E-state index contributed by atoms with van der Waals surface area (Å²) < 4.78 is 1.24. The highest BCUT2D eigenvalue weighted by molar-refractivity contribution is 7.71. The molecule has 0 unspecified atom stereocenters. The van der Waals surface area contributed by atoms with Crippen molar-refractivity contribution in [3.63, 3.8) is 0 Å². The molecule has 5 rings (SSSR count). The Labute approximate surface area is 195 Å². The fourth-order valence-corrected chi connectivity index (χ4v) is 3.97. The molecule has 1 aliphatic rings. The molecule has 0 fully saturated rings. The number of hydrazone groups is 1. The van der Waals surface area contributed by atoms with Gasteiger partial charge in [-0.3, -0.25) is 14.9 Å². The number of anilines is 1. The van der Waals surface area contributed by atoms with Crippen LogP contribution in [0, 0.1) is 4.77 Å². The van der Waals surface area contributed by atoms with E-state index >= 15 is 0 Å². The predicted octanol–water partition coefficient (Wildman–Crippen LogP) is 4.54. The zero-order valence-corrected chi connectivity index (χ0v) is 18.4. The van der Waals surface area contributed by atoms with Crippen molar-refractivity contribution < 1.29 is 0 Å².